The molecule has 26 heavy (non-hydrogen) atoms. The highest BCUT2D eigenvalue weighted by Gasteiger charge is 2.59. The molecule has 4 heteroatoms. The summed E-state index contributed by atoms with van der Waals surface area (Å²) in [5.74, 6) is 0.957. The first kappa shape index (κ1) is 20.6. The Morgan fingerprint density at radius 2 is 1.00 bits per heavy atom. The van der Waals surface area contributed by atoms with E-state index in [1.54, 1.807) is 0 Å². The molecular formula is C22H40O4. The third kappa shape index (κ3) is 3.99. The van der Waals surface area contributed by atoms with Crippen molar-refractivity contribution in [2.24, 2.45) is 11.8 Å². The largest absolute Gasteiger partial charge is 0.350 e. The normalized spacial score (nSPS) is 40.6. The highest BCUT2D eigenvalue weighted by atomic mass is 16.8. The van der Waals surface area contributed by atoms with Crippen molar-refractivity contribution in [2.75, 3.05) is 13.2 Å². The van der Waals surface area contributed by atoms with Crippen LogP contribution in [0.5, 0.6) is 0 Å². The van der Waals surface area contributed by atoms with E-state index in [1.165, 1.54) is 64.2 Å². The first-order chi connectivity index (χ1) is 12.5. The molecule has 0 aromatic rings. The molecule has 1 saturated heterocycles. The monoisotopic (exact) mass is 368 g/mol. The molecule has 1 heterocycles. The number of rotatable bonds is 6. The van der Waals surface area contributed by atoms with Gasteiger partial charge in [0.25, 0.3) is 0 Å². The van der Waals surface area contributed by atoms with E-state index >= 15 is 0 Å². The van der Waals surface area contributed by atoms with Crippen LogP contribution in [0, 0.1) is 11.8 Å². The van der Waals surface area contributed by atoms with Crippen molar-refractivity contribution >= 4 is 0 Å². The second-order valence-electron chi connectivity index (χ2n) is 8.85. The summed E-state index contributed by atoms with van der Waals surface area (Å²) in [5.41, 5.74) is -0.852. The average molecular weight is 369 g/mol. The maximum Gasteiger partial charge on any atom is 0.187 e. The van der Waals surface area contributed by atoms with E-state index in [4.69, 9.17) is 18.9 Å². The molecule has 0 aromatic heterocycles. The standard InChI is InChI=1S/C22H40O4/c1-5-23-19-21(3,17-13-9-7-10-14-17)26-20(24-6-2)22(4,25-19)18-15-11-8-12-16-18/h17-20H,5-16H2,1-4H3. The molecule has 1 aliphatic heterocycles. The van der Waals surface area contributed by atoms with Gasteiger partial charge >= 0.3 is 0 Å². The van der Waals surface area contributed by atoms with Crippen LogP contribution in [0.15, 0.2) is 0 Å². The lowest BCUT2D eigenvalue weighted by Crippen LogP contribution is -2.67. The minimum Gasteiger partial charge on any atom is -0.350 e. The molecule has 0 radical (unpaired) electrons. The topological polar surface area (TPSA) is 36.9 Å². The van der Waals surface area contributed by atoms with Gasteiger partial charge in [-0.25, -0.2) is 0 Å². The predicted molar refractivity (Wildman–Crippen MR) is 103 cm³/mol. The van der Waals surface area contributed by atoms with E-state index in [1.807, 2.05) is 0 Å². The summed E-state index contributed by atoms with van der Waals surface area (Å²) in [6.07, 6.45) is 12.0. The maximum atomic E-state index is 6.82. The van der Waals surface area contributed by atoms with Gasteiger partial charge in [0.1, 0.15) is 11.2 Å². The zero-order chi connectivity index (χ0) is 18.6. The molecule has 4 nitrogen and oxygen atoms in total. The van der Waals surface area contributed by atoms with Crippen LogP contribution in [0.1, 0.15) is 91.9 Å². The molecule has 0 bridgehead atoms. The molecule has 3 aliphatic rings. The van der Waals surface area contributed by atoms with Crippen LogP contribution >= 0.6 is 0 Å². The number of hydrogen-bond donors (Lipinski definition) is 0. The van der Waals surface area contributed by atoms with Gasteiger partial charge in [-0.15, -0.1) is 0 Å². The van der Waals surface area contributed by atoms with Crippen LogP contribution in [-0.4, -0.2) is 37.0 Å². The zero-order valence-electron chi connectivity index (χ0n) is 17.4. The van der Waals surface area contributed by atoms with E-state index in [9.17, 15) is 0 Å². The van der Waals surface area contributed by atoms with Crippen molar-refractivity contribution in [3.63, 3.8) is 0 Å². The summed E-state index contributed by atoms with van der Waals surface area (Å²) in [4.78, 5) is 0. The summed E-state index contributed by atoms with van der Waals surface area (Å²) < 4.78 is 26.0. The Bertz CT molecular complexity index is 390. The highest BCUT2D eigenvalue weighted by molar-refractivity contribution is 5.00. The predicted octanol–water partition coefficient (Wildman–Crippen LogP) is 5.44. The van der Waals surface area contributed by atoms with E-state index in [-0.39, 0.29) is 12.6 Å². The lowest BCUT2D eigenvalue weighted by molar-refractivity contribution is -0.430. The lowest BCUT2D eigenvalue weighted by Gasteiger charge is -2.57. The summed E-state index contributed by atoms with van der Waals surface area (Å²) in [5, 5.41) is 0. The van der Waals surface area contributed by atoms with Crippen LogP contribution in [0.25, 0.3) is 0 Å². The molecule has 3 rings (SSSR count). The number of hydrogen-bond acceptors (Lipinski definition) is 4. The first-order valence-corrected chi connectivity index (χ1v) is 11.1. The molecule has 0 N–H and O–H groups in total. The van der Waals surface area contributed by atoms with Crippen molar-refractivity contribution in [1.29, 1.82) is 0 Å². The molecule has 0 aromatic carbocycles. The third-order valence-corrected chi connectivity index (χ3v) is 7.13. The second-order valence-corrected chi connectivity index (χ2v) is 8.85. The summed E-state index contributed by atoms with van der Waals surface area (Å²) in [6.45, 7) is 9.81. The fraction of sp³-hybridized carbons (Fsp3) is 1.00. The Balaban J connectivity index is 1.86. The maximum absolute atomic E-state index is 6.82. The van der Waals surface area contributed by atoms with E-state index in [0.717, 1.165) is 0 Å². The van der Waals surface area contributed by atoms with E-state index < -0.39 is 11.2 Å². The molecule has 4 atom stereocenters. The summed E-state index contributed by atoms with van der Waals surface area (Å²) in [6, 6.07) is 0. The van der Waals surface area contributed by atoms with Crippen molar-refractivity contribution < 1.29 is 18.9 Å². The summed E-state index contributed by atoms with van der Waals surface area (Å²) >= 11 is 0. The smallest absolute Gasteiger partial charge is 0.187 e. The SMILES string of the molecule is CCOC1OC(C)(C2CCCCC2)C(OCC)OC1(C)C1CCCCC1. The van der Waals surface area contributed by atoms with Crippen molar-refractivity contribution in [1.82, 2.24) is 0 Å². The lowest BCUT2D eigenvalue weighted by atomic mass is 9.73. The zero-order valence-corrected chi connectivity index (χ0v) is 17.4. The van der Waals surface area contributed by atoms with Gasteiger partial charge in [-0.3, -0.25) is 0 Å². The van der Waals surface area contributed by atoms with Crippen molar-refractivity contribution in [3.05, 3.63) is 0 Å². The fourth-order valence-corrected chi connectivity index (χ4v) is 5.44. The molecule has 2 aliphatic carbocycles. The van der Waals surface area contributed by atoms with E-state index in [0.29, 0.717) is 25.0 Å². The summed E-state index contributed by atoms with van der Waals surface area (Å²) in [7, 11) is 0. The Kier molecular flexibility index (Phi) is 7.04. The van der Waals surface area contributed by atoms with E-state index in [2.05, 4.69) is 27.7 Å². The van der Waals surface area contributed by atoms with Crippen LogP contribution < -0.4 is 0 Å². The van der Waals surface area contributed by atoms with Crippen LogP contribution in [0.2, 0.25) is 0 Å². The minimum atomic E-state index is -0.426. The van der Waals surface area contributed by atoms with Crippen molar-refractivity contribution in [2.45, 2.75) is 116 Å². The van der Waals surface area contributed by atoms with Crippen LogP contribution in [0.3, 0.4) is 0 Å². The quantitative estimate of drug-likeness (QED) is 0.626. The van der Waals surface area contributed by atoms with Gasteiger partial charge in [0, 0.05) is 13.2 Å². The number of ether oxygens (including phenoxy) is 4. The van der Waals surface area contributed by atoms with Gasteiger partial charge < -0.3 is 18.9 Å². The average Bonchev–Trinajstić information content (AvgIpc) is 2.68. The molecular weight excluding hydrogens is 328 g/mol. The molecule has 0 spiro atoms. The molecule has 2 saturated carbocycles. The van der Waals surface area contributed by atoms with Gasteiger partial charge in [-0.2, -0.15) is 0 Å². The van der Waals surface area contributed by atoms with Gasteiger partial charge in [-0.1, -0.05) is 38.5 Å². The van der Waals surface area contributed by atoms with Crippen LogP contribution in [0.4, 0.5) is 0 Å². The second kappa shape index (κ2) is 8.89. The molecule has 4 unspecified atom stereocenters. The Labute approximate surface area is 160 Å². The highest BCUT2D eigenvalue weighted by Crippen LogP contribution is 2.49. The minimum absolute atomic E-state index is 0.306. The molecule has 0 amide bonds. The molecule has 152 valence electrons. The first-order valence-electron chi connectivity index (χ1n) is 11.1. The molecule has 3 fully saturated rings. The Morgan fingerprint density at radius 1 is 0.654 bits per heavy atom. The van der Waals surface area contributed by atoms with Gasteiger partial charge in [-0.05, 0) is 65.2 Å². The van der Waals surface area contributed by atoms with Gasteiger partial charge in [0.2, 0.25) is 0 Å². The Morgan fingerprint density at radius 3 is 1.31 bits per heavy atom. The van der Waals surface area contributed by atoms with Crippen molar-refractivity contribution in [3.8, 4) is 0 Å². The fourth-order valence-electron chi connectivity index (χ4n) is 5.44. The van der Waals surface area contributed by atoms with Gasteiger partial charge in [0.05, 0.1) is 0 Å². The Hall–Kier alpha value is -0.160. The third-order valence-electron chi connectivity index (χ3n) is 7.13. The van der Waals surface area contributed by atoms with Gasteiger partial charge in [0.15, 0.2) is 12.6 Å². The van der Waals surface area contributed by atoms with Crippen LogP contribution in [-0.2, 0) is 18.9 Å².